The summed E-state index contributed by atoms with van der Waals surface area (Å²) in [5.74, 6) is 0. The van der Waals surface area contributed by atoms with Crippen LogP contribution in [0.1, 0.15) is 0 Å². The summed E-state index contributed by atoms with van der Waals surface area (Å²) < 4.78 is 10.7. The first kappa shape index (κ1) is 6.94. The molecular formula is C7H10N2O3. The van der Waals surface area contributed by atoms with Crippen LogP contribution in [0, 0.1) is 5.41 Å². The van der Waals surface area contributed by atoms with E-state index in [1.54, 1.807) is 0 Å². The minimum atomic E-state index is -0.345. The number of ether oxygens (including phenoxy) is 2. The van der Waals surface area contributed by atoms with Gasteiger partial charge in [-0.2, -0.15) is 10.2 Å². The van der Waals surface area contributed by atoms with Crippen LogP contribution in [-0.4, -0.2) is 43.3 Å². The van der Waals surface area contributed by atoms with Crippen LogP contribution in [0.5, 0.6) is 0 Å². The van der Waals surface area contributed by atoms with Crippen molar-refractivity contribution in [2.75, 3.05) is 26.4 Å². The Morgan fingerprint density at radius 3 is 2.92 bits per heavy atom. The van der Waals surface area contributed by atoms with Crippen LogP contribution >= 0.6 is 0 Å². The first-order valence-electron chi connectivity index (χ1n) is 4.05. The molecule has 0 aromatic rings. The maximum atomic E-state index is 9.28. The van der Waals surface area contributed by atoms with E-state index in [0.717, 1.165) is 0 Å². The summed E-state index contributed by atoms with van der Waals surface area (Å²) in [7, 11) is 0. The van der Waals surface area contributed by atoms with Gasteiger partial charge in [-0.1, -0.05) is 0 Å². The minimum absolute atomic E-state index is 0.0719. The Kier molecular flexibility index (Phi) is 1.08. The largest absolute Gasteiger partial charge is 0.396 e. The van der Waals surface area contributed by atoms with Crippen LogP contribution in [0.25, 0.3) is 0 Å². The number of hydrogen-bond donors (Lipinski definition) is 1. The summed E-state index contributed by atoms with van der Waals surface area (Å²) in [6, 6.07) is 0. The first-order valence-corrected chi connectivity index (χ1v) is 4.05. The van der Waals surface area contributed by atoms with Crippen LogP contribution in [0.15, 0.2) is 10.2 Å². The molecule has 5 heteroatoms. The zero-order chi connectivity index (χ0) is 8.23. The number of aliphatic hydroxyl groups excluding tert-OH is 1. The fourth-order valence-corrected chi connectivity index (χ4v) is 2.20. The molecule has 2 saturated heterocycles. The highest BCUT2D eigenvalue weighted by molar-refractivity contribution is 5.19. The van der Waals surface area contributed by atoms with Gasteiger partial charge in [-0.05, 0) is 0 Å². The van der Waals surface area contributed by atoms with Gasteiger partial charge in [0.15, 0.2) is 11.8 Å². The van der Waals surface area contributed by atoms with Gasteiger partial charge in [0.1, 0.15) is 0 Å². The SMILES string of the molecule is OCC12COCC13N=NC3OC2. The molecule has 0 amide bonds. The maximum absolute atomic E-state index is 9.28. The number of hydrogen-bond acceptors (Lipinski definition) is 5. The van der Waals surface area contributed by atoms with E-state index in [-0.39, 0.29) is 23.8 Å². The molecule has 0 aromatic heterocycles. The van der Waals surface area contributed by atoms with E-state index in [0.29, 0.717) is 19.8 Å². The molecule has 0 saturated carbocycles. The second kappa shape index (κ2) is 1.86. The third-order valence-corrected chi connectivity index (χ3v) is 3.19. The van der Waals surface area contributed by atoms with E-state index in [1.807, 2.05) is 0 Å². The lowest BCUT2D eigenvalue weighted by Crippen LogP contribution is -2.54. The Morgan fingerprint density at radius 1 is 1.42 bits per heavy atom. The van der Waals surface area contributed by atoms with E-state index in [2.05, 4.69) is 10.2 Å². The Morgan fingerprint density at radius 2 is 2.33 bits per heavy atom. The summed E-state index contributed by atoms with van der Waals surface area (Å²) in [5, 5.41) is 17.2. The third kappa shape index (κ3) is 0.485. The third-order valence-electron chi connectivity index (χ3n) is 3.19. The van der Waals surface area contributed by atoms with Gasteiger partial charge in [-0.3, -0.25) is 0 Å². The second-order valence-corrected chi connectivity index (χ2v) is 3.73. The quantitative estimate of drug-likeness (QED) is 0.580. The van der Waals surface area contributed by atoms with Gasteiger partial charge < -0.3 is 14.6 Å². The molecule has 12 heavy (non-hydrogen) atoms. The number of aliphatic hydroxyl groups is 1. The van der Waals surface area contributed by atoms with E-state index < -0.39 is 0 Å². The maximum Gasteiger partial charge on any atom is 0.198 e. The molecule has 5 nitrogen and oxygen atoms in total. The standard InChI is InChI=1S/C7H10N2O3/c10-1-6-2-11-4-7(6)5(8-9-7)12-3-6/h5,10H,1-4H2. The number of azo groups is 1. The molecule has 1 spiro atoms. The molecule has 3 aliphatic heterocycles. The Balaban J connectivity index is 2.07. The highest BCUT2D eigenvalue weighted by Crippen LogP contribution is 2.54. The van der Waals surface area contributed by atoms with Crippen molar-refractivity contribution in [3.05, 3.63) is 0 Å². The second-order valence-electron chi connectivity index (χ2n) is 3.73. The highest BCUT2D eigenvalue weighted by atomic mass is 16.5. The van der Waals surface area contributed by atoms with Crippen molar-refractivity contribution >= 4 is 0 Å². The number of rotatable bonds is 1. The highest BCUT2D eigenvalue weighted by Gasteiger charge is 2.70. The molecule has 0 aliphatic carbocycles. The Hall–Kier alpha value is -0.520. The van der Waals surface area contributed by atoms with Crippen molar-refractivity contribution in [2.24, 2.45) is 15.6 Å². The van der Waals surface area contributed by atoms with Gasteiger partial charge in [0.2, 0.25) is 0 Å². The summed E-state index contributed by atoms with van der Waals surface area (Å²) in [6.45, 7) is 1.67. The molecule has 3 atom stereocenters. The van der Waals surface area contributed by atoms with E-state index in [1.165, 1.54) is 0 Å². The summed E-state index contributed by atoms with van der Waals surface area (Å²) in [4.78, 5) is 0. The van der Waals surface area contributed by atoms with Crippen molar-refractivity contribution in [3.8, 4) is 0 Å². The summed E-state index contributed by atoms with van der Waals surface area (Å²) in [5.41, 5.74) is -0.652. The predicted octanol–water partition coefficient (Wildman–Crippen LogP) is -0.444. The van der Waals surface area contributed by atoms with Gasteiger partial charge in [0, 0.05) is 0 Å². The molecular weight excluding hydrogens is 160 g/mol. The molecule has 0 aromatic carbocycles. The fraction of sp³-hybridized carbons (Fsp3) is 1.00. The Labute approximate surface area is 69.4 Å². The summed E-state index contributed by atoms with van der Waals surface area (Å²) in [6.07, 6.45) is -0.160. The lowest BCUT2D eigenvalue weighted by atomic mass is 9.73. The first-order chi connectivity index (χ1) is 5.83. The van der Waals surface area contributed by atoms with Crippen molar-refractivity contribution in [3.63, 3.8) is 0 Å². The lowest BCUT2D eigenvalue weighted by Gasteiger charge is -2.36. The topological polar surface area (TPSA) is 63.4 Å². The molecule has 0 bridgehead atoms. The molecule has 3 rings (SSSR count). The molecule has 1 N–H and O–H groups in total. The Bertz CT molecular complexity index is 257. The molecule has 2 fully saturated rings. The monoisotopic (exact) mass is 170 g/mol. The van der Waals surface area contributed by atoms with Gasteiger partial charge in [0.05, 0.1) is 31.8 Å². The van der Waals surface area contributed by atoms with Gasteiger partial charge >= 0.3 is 0 Å². The normalized spacial score (nSPS) is 54.9. The molecule has 3 aliphatic rings. The molecule has 3 heterocycles. The van der Waals surface area contributed by atoms with Gasteiger partial charge in [-0.25, -0.2) is 0 Å². The van der Waals surface area contributed by atoms with Crippen LogP contribution in [0.3, 0.4) is 0 Å². The zero-order valence-electron chi connectivity index (χ0n) is 6.56. The van der Waals surface area contributed by atoms with E-state index in [4.69, 9.17) is 9.47 Å². The van der Waals surface area contributed by atoms with Crippen molar-refractivity contribution < 1.29 is 14.6 Å². The molecule has 3 unspecified atom stereocenters. The average molecular weight is 170 g/mol. The van der Waals surface area contributed by atoms with Crippen molar-refractivity contribution in [1.82, 2.24) is 0 Å². The predicted molar refractivity (Wildman–Crippen MR) is 37.7 cm³/mol. The average Bonchev–Trinajstić information content (AvgIpc) is 2.52. The van der Waals surface area contributed by atoms with Crippen LogP contribution < -0.4 is 0 Å². The summed E-state index contributed by atoms with van der Waals surface area (Å²) >= 11 is 0. The molecule has 0 radical (unpaired) electrons. The van der Waals surface area contributed by atoms with Crippen molar-refractivity contribution in [1.29, 1.82) is 0 Å². The zero-order valence-corrected chi connectivity index (χ0v) is 6.56. The van der Waals surface area contributed by atoms with Crippen LogP contribution in [0.4, 0.5) is 0 Å². The van der Waals surface area contributed by atoms with E-state index in [9.17, 15) is 5.11 Å². The van der Waals surface area contributed by atoms with Crippen LogP contribution in [-0.2, 0) is 9.47 Å². The van der Waals surface area contributed by atoms with Crippen molar-refractivity contribution in [2.45, 2.75) is 11.8 Å². The van der Waals surface area contributed by atoms with Gasteiger partial charge in [0.25, 0.3) is 0 Å². The smallest absolute Gasteiger partial charge is 0.198 e. The fourth-order valence-electron chi connectivity index (χ4n) is 2.20. The van der Waals surface area contributed by atoms with Crippen LogP contribution in [0.2, 0.25) is 0 Å². The lowest BCUT2D eigenvalue weighted by molar-refractivity contribution is 0.0116. The number of nitrogens with zero attached hydrogens (tertiary/aromatic N) is 2. The van der Waals surface area contributed by atoms with Gasteiger partial charge in [-0.15, -0.1) is 0 Å². The van der Waals surface area contributed by atoms with E-state index >= 15 is 0 Å². The minimum Gasteiger partial charge on any atom is -0.396 e. The molecule has 66 valence electrons.